The Labute approximate surface area is 215 Å². The number of benzene rings is 3. The topological polar surface area (TPSA) is 82.2 Å². The van der Waals surface area contributed by atoms with E-state index in [0.717, 1.165) is 22.4 Å². The second-order valence-corrected chi connectivity index (χ2v) is 8.66. The molecule has 1 amide bonds. The van der Waals surface area contributed by atoms with E-state index in [1.54, 1.807) is 13.3 Å². The highest BCUT2D eigenvalue weighted by Crippen LogP contribution is 2.33. The number of carbonyl (C=O) groups excluding carboxylic acids is 1. The van der Waals surface area contributed by atoms with Gasteiger partial charge in [0.1, 0.15) is 23.3 Å². The maximum Gasteiger partial charge on any atom is 0.221 e. The molecule has 7 heteroatoms. The number of para-hydroxylation sites is 1. The standard InChI is InChI=1S/C30H28N4O3/c1-34-20-19-31-30(34)28(23-15-9-10-16-24(23)36-2)32-25(35)17-18-26-33-27(21-11-5-3-6-12-21)29(37-26)22-13-7-4-8-14-22/h3-16,19-20,28H,17-18H2,1-2H3,(H,32,35). The van der Waals surface area contributed by atoms with Crippen LogP contribution in [0, 0.1) is 0 Å². The Hall–Kier alpha value is -4.65. The summed E-state index contributed by atoms with van der Waals surface area (Å²) in [6.45, 7) is 0. The number of oxazole rings is 1. The van der Waals surface area contributed by atoms with Gasteiger partial charge in [-0.1, -0.05) is 78.9 Å². The molecule has 2 aromatic heterocycles. The number of hydrogen-bond donors (Lipinski definition) is 1. The van der Waals surface area contributed by atoms with Gasteiger partial charge >= 0.3 is 0 Å². The SMILES string of the molecule is COc1ccccc1C(NC(=O)CCc1nc(-c2ccccc2)c(-c2ccccc2)o1)c1nccn1C. The van der Waals surface area contributed by atoms with Crippen LogP contribution < -0.4 is 10.1 Å². The Morgan fingerprint density at radius 1 is 0.973 bits per heavy atom. The summed E-state index contributed by atoms with van der Waals surface area (Å²) in [6, 6.07) is 27.0. The van der Waals surface area contributed by atoms with Gasteiger partial charge in [0.15, 0.2) is 11.7 Å². The number of amides is 1. The molecule has 3 aromatic carbocycles. The number of aryl methyl sites for hydroxylation is 2. The summed E-state index contributed by atoms with van der Waals surface area (Å²) in [5.41, 5.74) is 3.51. The molecule has 0 fully saturated rings. The number of methoxy groups -OCH3 is 1. The first kappa shape index (κ1) is 24.1. The molecule has 37 heavy (non-hydrogen) atoms. The lowest BCUT2D eigenvalue weighted by Crippen LogP contribution is -2.31. The van der Waals surface area contributed by atoms with E-state index in [1.807, 2.05) is 103 Å². The van der Waals surface area contributed by atoms with Gasteiger partial charge in [-0.05, 0) is 6.07 Å². The van der Waals surface area contributed by atoms with E-state index in [1.165, 1.54) is 0 Å². The number of carbonyl (C=O) groups is 1. The predicted molar refractivity (Wildman–Crippen MR) is 142 cm³/mol. The van der Waals surface area contributed by atoms with Crippen molar-refractivity contribution in [2.75, 3.05) is 7.11 Å². The molecule has 5 rings (SSSR count). The second kappa shape index (κ2) is 11.0. The van der Waals surface area contributed by atoms with E-state index >= 15 is 0 Å². The summed E-state index contributed by atoms with van der Waals surface area (Å²) in [4.78, 5) is 22.4. The maximum absolute atomic E-state index is 13.2. The fourth-order valence-corrected chi connectivity index (χ4v) is 4.34. The molecule has 0 aliphatic rings. The minimum absolute atomic E-state index is 0.139. The monoisotopic (exact) mass is 492 g/mol. The molecule has 0 aliphatic carbocycles. The van der Waals surface area contributed by atoms with E-state index in [9.17, 15) is 4.79 Å². The molecule has 2 heterocycles. The van der Waals surface area contributed by atoms with Crippen LogP contribution in [0.15, 0.2) is 102 Å². The van der Waals surface area contributed by atoms with Gasteiger partial charge in [0.2, 0.25) is 5.91 Å². The summed E-state index contributed by atoms with van der Waals surface area (Å²) in [6.07, 6.45) is 4.14. The molecule has 186 valence electrons. The summed E-state index contributed by atoms with van der Waals surface area (Å²) < 4.78 is 13.6. The number of rotatable bonds is 9. The lowest BCUT2D eigenvalue weighted by Gasteiger charge is -2.21. The highest BCUT2D eigenvalue weighted by molar-refractivity contribution is 5.78. The van der Waals surface area contributed by atoms with Crippen molar-refractivity contribution in [3.8, 4) is 28.3 Å². The molecule has 5 aromatic rings. The van der Waals surface area contributed by atoms with Gasteiger partial charge in [0, 0.05) is 49.0 Å². The highest BCUT2D eigenvalue weighted by Gasteiger charge is 2.24. The smallest absolute Gasteiger partial charge is 0.221 e. The van der Waals surface area contributed by atoms with Crippen LogP contribution in [0.25, 0.3) is 22.6 Å². The zero-order valence-corrected chi connectivity index (χ0v) is 20.8. The van der Waals surface area contributed by atoms with Crippen LogP contribution >= 0.6 is 0 Å². The van der Waals surface area contributed by atoms with E-state index in [4.69, 9.17) is 14.1 Å². The molecule has 0 saturated carbocycles. The van der Waals surface area contributed by atoms with Crippen molar-refractivity contribution in [2.24, 2.45) is 7.05 Å². The molecule has 1 unspecified atom stereocenters. The van der Waals surface area contributed by atoms with Crippen molar-refractivity contribution in [3.63, 3.8) is 0 Å². The lowest BCUT2D eigenvalue weighted by atomic mass is 10.0. The number of hydrogen-bond acceptors (Lipinski definition) is 5. The molecule has 0 spiro atoms. The Kier molecular flexibility index (Phi) is 7.12. The van der Waals surface area contributed by atoms with Crippen molar-refractivity contribution in [1.29, 1.82) is 0 Å². The third-order valence-corrected chi connectivity index (χ3v) is 6.19. The largest absolute Gasteiger partial charge is 0.496 e. The van der Waals surface area contributed by atoms with Crippen molar-refractivity contribution in [3.05, 3.63) is 115 Å². The lowest BCUT2D eigenvalue weighted by molar-refractivity contribution is -0.121. The van der Waals surface area contributed by atoms with Gasteiger partial charge in [-0.15, -0.1) is 0 Å². The van der Waals surface area contributed by atoms with Crippen LogP contribution in [0.4, 0.5) is 0 Å². The average molecular weight is 493 g/mol. The first-order chi connectivity index (χ1) is 18.1. The molecule has 0 aliphatic heterocycles. The normalized spacial score (nSPS) is 11.7. The van der Waals surface area contributed by atoms with E-state index < -0.39 is 6.04 Å². The van der Waals surface area contributed by atoms with Gasteiger partial charge < -0.3 is 19.0 Å². The molecule has 7 nitrogen and oxygen atoms in total. The third kappa shape index (κ3) is 5.30. The minimum atomic E-state index is -0.465. The number of imidazole rings is 1. The fourth-order valence-electron chi connectivity index (χ4n) is 4.34. The predicted octanol–water partition coefficient (Wildman–Crippen LogP) is 5.59. The van der Waals surface area contributed by atoms with Crippen LogP contribution in [-0.4, -0.2) is 27.6 Å². The van der Waals surface area contributed by atoms with Crippen LogP contribution in [0.2, 0.25) is 0 Å². The number of nitrogens with zero attached hydrogens (tertiary/aromatic N) is 3. The Balaban J connectivity index is 1.38. The first-order valence-corrected chi connectivity index (χ1v) is 12.1. The number of nitrogens with one attached hydrogen (secondary N) is 1. The van der Waals surface area contributed by atoms with Gasteiger partial charge in [-0.2, -0.15) is 0 Å². The first-order valence-electron chi connectivity index (χ1n) is 12.1. The van der Waals surface area contributed by atoms with Crippen molar-refractivity contribution >= 4 is 5.91 Å². The van der Waals surface area contributed by atoms with Gasteiger partial charge in [-0.3, -0.25) is 4.79 Å². The molecule has 1 N–H and O–H groups in total. The minimum Gasteiger partial charge on any atom is -0.496 e. The Morgan fingerprint density at radius 3 is 2.32 bits per heavy atom. The van der Waals surface area contributed by atoms with Crippen LogP contribution in [0.5, 0.6) is 5.75 Å². The molecular weight excluding hydrogens is 464 g/mol. The van der Waals surface area contributed by atoms with Gasteiger partial charge in [0.25, 0.3) is 0 Å². The summed E-state index contributed by atoms with van der Waals surface area (Å²) in [5, 5.41) is 3.13. The average Bonchev–Trinajstić information content (AvgIpc) is 3.58. The highest BCUT2D eigenvalue weighted by atomic mass is 16.5. The summed E-state index contributed by atoms with van der Waals surface area (Å²) in [5.74, 6) is 2.47. The second-order valence-electron chi connectivity index (χ2n) is 8.66. The van der Waals surface area contributed by atoms with Crippen molar-refractivity contribution in [2.45, 2.75) is 18.9 Å². The number of ether oxygens (including phenoxy) is 1. The Bertz CT molecular complexity index is 1420. The molecular formula is C30H28N4O3. The summed E-state index contributed by atoms with van der Waals surface area (Å²) in [7, 11) is 3.52. The van der Waals surface area contributed by atoms with Crippen LogP contribution in [0.3, 0.4) is 0 Å². The van der Waals surface area contributed by atoms with Crippen molar-refractivity contribution in [1.82, 2.24) is 19.9 Å². The van der Waals surface area contributed by atoms with Crippen molar-refractivity contribution < 1.29 is 13.9 Å². The fraction of sp³-hybridized carbons (Fsp3) is 0.167. The quantitative estimate of drug-likeness (QED) is 0.290. The van der Waals surface area contributed by atoms with E-state index in [2.05, 4.69) is 10.3 Å². The maximum atomic E-state index is 13.2. The zero-order chi connectivity index (χ0) is 25.6. The van der Waals surface area contributed by atoms with Crippen LogP contribution in [0.1, 0.15) is 29.7 Å². The van der Waals surface area contributed by atoms with E-state index in [-0.39, 0.29) is 12.3 Å². The molecule has 0 bridgehead atoms. The molecule has 1 atom stereocenters. The summed E-state index contributed by atoms with van der Waals surface area (Å²) >= 11 is 0. The molecule has 0 saturated heterocycles. The Morgan fingerprint density at radius 2 is 1.65 bits per heavy atom. The van der Waals surface area contributed by atoms with Gasteiger partial charge in [0.05, 0.1) is 7.11 Å². The van der Waals surface area contributed by atoms with Gasteiger partial charge in [-0.25, -0.2) is 9.97 Å². The third-order valence-electron chi connectivity index (χ3n) is 6.19. The zero-order valence-electron chi connectivity index (χ0n) is 20.8. The van der Waals surface area contributed by atoms with Crippen LogP contribution in [-0.2, 0) is 18.3 Å². The molecule has 0 radical (unpaired) electrons. The van der Waals surface area contributed by atoms with E-state index in [0.29, 0.717) is 29.6 Å². The number of aromatic nitrogens is 3.